The second kappa shape index (κ2) is 9.32. The average Bonchev–Trinajstić information content (AvgIpc) is 3.23. The summed E-state index contributed by atoms with van der Waals surface area (Å²) in [6.07, 6.45) is 1.18. The first kappa shape index (κ1) is 23.2. The number of hydrogen-bond donors (Lipinski definition) is 2. The Morgan fingerprint density at radius 2 is 1.79 bits per heavy atom. The zero-order chi connectivity index (χ0) is 26.2. The number of aryl methyl sites for hydroxylation is 1. The van der Waals surface area contributed by atoms with E-state index in [2.05, 4.69) is 30.7 Å². The van der Waals surface area contributed by atoms with Crippen molar-refractivity contribution in [2.24, 2.45) is 4.99 Å². The summed E-state index contributed by atoms with van der Waals surface area (Å²) < 4.78 is 16.1. The molecule has 2 aromatic carbocycles. The minimum atomic E-state index is -1.28. The van der Waals surface area contributed by atoms with Gasteiger partial charge in [0.25, 0.3) is 11.8 Å². The molecule has 38 heavy (non-hydrogen) atoms. The summed E-state index contributed by atoms with van der Waals surface area (Å²) >= 11 is 0. The number of benzene rings is 2. The van der Waals surface area contributed by atoms with Crippen molar-refractivity contribution in [1.29, 1.82) is 0 Å². The van der Waals surface area contributed by atoms with Crippen molar-refractivity contribution in [3.8, 4) is 11.3 Å². The van der Waals surface area contributed by atoms with Crippen LogP contribution in [0.15, 0.2) is 90.2 Å². The molecule has 0 aliphatic carbocycles. The van der Waals surface area contributed by atoms with E-state index in [1.165, 1.54) is 16.8 Å². The third-order valence-electron chi connectivity index (χ3n) is 6.12. The summed E-state index contributed by atoms with van der Waals surface area (Å²) in [5.41, 5.74) is 3.71. The molecule has 3 aromatic heterocycles. The molecule has 0 saturated carbocycles. The summed E-state index contributed by atoms with van der Waals surface area (Å²) in [7, 11) is 0. The van der Waals surface area contributed by atoms with Crippen LogP contribution in [0.1, 0.15) is 27.3 Å². The number of benzodiazepines with no additional fused rings is 1. The van der Waals surface area contributed by atoms with Crippen molar-refractivity contribution in [1.82, 2.24) is 24.9 Å². The highest BCUT2D eigenvalue weighted by molar-refractivity contribution is 6.20. The van der Waals surface area contributed by atoms with E-state index in [4.69, 9.17) is 0 Å². The van der Waals surface area contributed by atoms with Crippen LogP contribution in [0.4, 0.5) is 10.1 Å². The van der Waals surface area contributed by atoms with E-state index in [1.54, 1.807) is 25.1 Å². The Hall–Kier alpha value is -5.25. The van der Waals surface area contributed by atoms with Crippen LogP contribution in [0.2, 0.25) is 0 Å². The molecule has 10 heteroatoms. The molecule has 0 radical (unpaired) electrons. The molecule has 0 unspecified atom stereocenters. The summed E-state index contributed by atoms with van der Waals surface area (Å²) in [5, 5.41) is 9.98. The highest BCUT2D eigenvalue weighted by Gasteiger charge is 2.30. The number of fused-ring (bicyclic) bond motifs is 2. The van der Waals surface area contributed by atoms with Gasteiger partial charge in [-0.3, -0.25) is 14.6 Å². The number of anilines is 1. The quantitative estimate of drug-likeness (QED) is 0.386. The Labute approximate surface area is 216 Å². The van der Waals surface area contributed by atoms with Crippen LogP contribution in [0, 0.1) is 12.7 Å². The Morgan fingerprint density at radius 3 is 2.61 bits per heavy atom. The lowest BCUT2D eigenvalue weighted by molar-refractivity contribution is -0.117. The number of aliphatic imine (C=N–C) groups is 1. The summed E-state index contributed by atoms with van der Waals surface area (Å²) in [4.78, 5) is 40.0. The average molecular weight is 506 g/mol. The Morgan fingerprint density at radius 1 is 1.00 bits per heavy atom. The van der Waals surface area contributed by atoms with Crippen LogP contribution in [0.3, 0.4) is 0 Å². The second-order valence-electron chi connectivity index (χ2n) is 8.66. The Balaban J connectivity index is 1.46. The lowest BCUT2D eigenvalue weighted by atomic mass is 10.0. The SMILES string of the molecule is Cc1ccc2nc(-c3ccncc3F)c(C(=O)N[C@H]3N=C(c4ccccc4)c4ccccc4NC3=O)n2n1. The smallest absolute Gasteiger partial charge is 0.274 e. The monoisotopic (exact) mass is 505 g/mol. The molecule has 1 atom stereocenters. The molecular formula is C28H20FN7O2. The first-order valence-electron chi connectivity index (χ1n) is 11.8. The Bertz CT molecular complexity index is 1750. The van der Waals surface area contributed by atoms with E-state index in [0.29, 0.717) is 22.7 Å². The predicted molar refractivity (Wildman–Crippen MR) is 139 cm³/mol. The van der Waals surface area contributed by atoms with Crippen LogP contribution in [-0.4, -0.2) is 43.3 Å². The zero-order valence-electron chi connectivity index (χ0n) is 20.1. The molecule has 9 nitrogen and oxygen atoms in total. The lowest BCUT2D eigenvalue weighted by Gasteiger charge is -2.14. The van der Waals surface area contributed by atoms with Gasteiger partial charge in [0, 0.05) is 22.9 Å². The van der Waals surface area contributed by atoms with Gasteiger partial charge in [0.1, 0.15) is 5.69 Å². The van der Waals surface area contributed by atoms with Gasteiger partial charge < -0.3 is 10.6 Å². The maximum Gasteiger partial charge on any atom is 0.274 e. The van der Waals surface area contributed by atoms with Gasteiger partial charge in [0.2, 0.25) is 6.17 Å². The topological polar surface area (TPSA) is 114 Å². The van der Waals surface area contributed by atoms with Crippen molar-refractivity contribution >= 4 is 28.9 Å². The number of halogens is 1. The van der Waals surface area contributed by atoms with E-state index < -0.39 is 23.8 Å². The fourth-order valence-corrected chi connectivity index (χ4v) is 4.36. The van der Waals surface area contributed by atoms with Crippen LogP contribution >= 0.6 is 0 Å². The summed E-state index contributed by atoms with van der Waals surface area (Å²) in [5.74, 6) is -1.86. The number of nitrogens with zero attached hydrogens (tertiary/aromatic N) is 5. The number of carbonyl (C=O) groups excluding carboxylic acids is 2. The fourth-order valence-electron chi connectivity index (χ4n) is 4.36. The molecule has 5 aromatic rings. The molecule has 186 valence electrons. The van der Waals surface area contributed by atoms with Crippen molar-refractivity contribution < 1.29 is 14.0 Å². The van der Waals surface area contributed by atoms with E-state index in [-0.39, 0.29) is 17.0 Å². The lowest BCUT2D eigenvalue weighted by Crippen LogP contribution is -2.43. The predicted octanol–water partition coefficient (Wildman–Crippen LogP) is 3.78. The van der Waals surface area contributed by atoms with Gasteiger partial charge in [0.05, 0.1) is 23.3 Å². The standard InChI is InChI=1S/C28H20FN7O2/c1-16-11-12-22-32-24(18-13-14-30-15-20(18)29)25(36(22)35-16)27(37)34-26-28(38)31-21-10-6-5-9-19(21)23(33-26)17-7-3-2-4-8-17/h2-15,26H,1H3,(H,31,38)(H,34,37)/t26-/m1/s1. The third kappa shape index (κ3) is 4.07. The number of pyridine rings is 1. The van der Waals surface area contributed by atoms with Crippen LogP contribution in [0.5, 0.6) is 0 Å². The van der Waals surface area contributed by atoms with Crippen molar-refractivity contribution in [3.05, 3.63) is 114 Å². The molecule has 0 saturated heterocycles. The minimum Gasteiger partial charge on any atom is -0.322 e. The van der Waals surface area contributed by atoms with Crippen molar-refractivity contribution in [3.63, 3.8) is 0 Å². The van der Waals surface area contributed by atoms with Crippen molar-refractivity contribution in [2.45, 2.75) is 13.1 Å². The number of carbonyl (C=O) groups is 2. The summed E-state index contributed by atoms with van der Waals surface area (Å²) in [6, 6.07) is 21.5. The van der Waals surface area contributed by atoms with Gasteiger partial charge in [-0.1, -0.05) is 48.5 Å². The third-order valence-corrected chi connectivity index (χ3v) is 6.12. The Kier molecular flexibility index (Phi) is 5.68. The molecule has 1 aliphatic rings. The number of aromatic nitrogens is 4. The number of amides is 2. The van der Waals surface area contributed by atoms with Gasteiger partial charge in [0.15, 0.2) is 17.2 Å². The molecule has 0 bridgehead atoms. The molecule has 6 rings (SSSR count). The largest absolute Gasteiger partial charge is 0.322 e. The number of hydrogen-bond acceptors (Lipinski definition) is 6. The van der Waals surface area contributed by atoms with Gasteiger partial charge in [-0.25, -0.2) is 18.9 Å². The normalized spacial score (nSPS) is 14.8. The highest BCUT2D eigenvalue weighted by Crippen LogP contribution is 2.27. The van der Waals surface area contributed by atoms with Crippen molar-refractivity contribution in [2.75, 3.05) is 5.32 Å². The number of nitrogens with one attached hydrogen (secondary N) is 2. The highest BCUT2D eigenvalue weighted by atomic mass is 19.1. The van der Waals surface area contributed by atoms with Gasteiger partial charge >= 0.3 is 0 Å². The van der Waals surface area contributed by atoms with E-state index in [0.717, 1.165) is 17.3 Å². The molecule has 0 spiro atoms. The first-order chi connectivity index (χ1) is 18.5. The second-order valence-corrected chi connectivity index (χ2v) is 8.66. The fraction of sp³-hybridized carbons (Fsp3) is 0.0714. The first-order valence-corrected chi connectivity index (χ1v) is 11.8. The molecule has 2 N–H and O–H groups in total. The summed E-state index contributed by atoms with van der Waals surface area (Å²) in [6.45, 7) is 1.76. The maximum atomic E-state index is 14.7. The van der Waals surface area contributed by atoms with Gasteiger partial charge in [-0.05, 0) is 31.2 Å². The van der Waals surface area contributed by atoms with Crippen LogP contribution < -0.4 is 10.6 Å². The number of imidazole rings is 1. The number of para-hydroxylation sites is 1. The molecule has 4 heterocycles. The molecule has 1 aliphatic heterocycles. The zero-order valence-corrected chi connectivity index (χ0v) is 20.1. The number of rotatable bonds is 4. The van der Waals surface area contributed by atoms with Gasteiger partial charge in [-0.2, -0.15) is 5.10 Å². The molecular weight excluding hydrogens is 485 g/mol. The molecule has 0 fully saturated rings. The van der Waals surface area contributed by atoms with Crippen LogP contribution in [-0.2, 0) is 4.79 Å². The van der Waals surface area contributed by atoms with E-state index >= 15 is 0 Å². The van der Waals surface area contributed by atoms with E-state index in [1.807, 2.05) is 48.5 Å². The van der Waals surface area contributed by atoms with E-state index in [9.17, 15) is 14.0 Å². The maximum absolute atomic E-state index is 14.7. The van der Waals surface area contributed by atoms with Gasteiger partial charge in [-0.15, -0.1) is 0 Å². The van der Waals surface area contributed by atoms with Crippen LogP contribution in [0.25, 0.3) is 16.9 Å². The minimum absolute atomic E-state index is 0.0279. The molecule has 2 amide bonds.